The second-order valence-corrected chi connectivity index (χ2v) is 8.36. The van der Waals surface area contributed by atoms with Crippen molar-refractivity contribution in [1.29, 1.82) is 5.26 Å². The third-order valence-corrected chi connectivity index (χ3v) is 5.99. The zero-order chi connectivity index (χ0) is 22.2. The van der Waals surface area contributed by atoms with E-state index in [9.17, 15) is 9.59 Å². The number of hydrogen-bond donors (Lipinski definition) is 0. The predicted molar refractivity (Wildman–Crippen MR) is 126 cm³/mol. The van der Waals surface area contributed by atoms with E-state index in [2.05, 4.69) is 11.9 Å². The number of carbonyl (C=O) groups excluding carboxylic acids is 1. The normalized spacial score (nSPS) is 10.7. The lowest BCUT2D eigenvalue weighted by molar-refractivity contribution is -0.116. The van der Waals surface area contributed by atoms with Gasteiger partial charge in [-0.05, 0) is 36.8 Å². The molecule has 1 heterocycles. The molecule has 31 heavy (non-hydrogen) atoms. The summed E-state index contributed by atoms with van der Waals surface area (Å²) in [5.74, 6) is -0.165. The number of carbonyl (C=O) groups is 1. The fourth-order valence-corrected chi connectivity index (χ4v) is 4.28. The number of nitrogens with zero attached hydrogens (tertiary/aromatic N) is 4. The molecule has 0 bridgehead atoms. The van der Waals surface area contributed by atoms with Crippen molar-refractivity contribution >= 4 is 45.9 Å². The zero-order valence-corrected chi connectivity index (χ0v) is 18.8. The Labute approximate surface area is 190 Å². The van der Waals surface area contributed by atoms with E-state index >= 15 is 0 Å². The van der Waals surface area contributed by atoms with Crippen LogP contribution >= 0.6 is 23.4 Å². The van der Waals surface area contributed by atoms with E-state index in [1.54, 1.807) is 34.9 Å². The maximum absolute atomic E-state index is 13.1. The monoisotopic (exact) mass is 454 g/mol. The largest absolute Gasteiger partial charge is 0.298 e. The molecule has 1 amide bonds. The number of benzene rings is 2. The zero-order valence-electron chi connectivity index (χ0n) is 17.3. The number of halogens is 1. The van der Waals surface area contributed by atoms with Crippen molar-refractivity contribution in [2.24, 2.45) is 0 Å². The van der Waals surface area contributed by atoms with Crippen LogP contribution in [-0.4, -0.2) is 27.8 Å². The summed E-state index contributed by atoms with van der Waals surface area (Å²) in [6, 6.07) is 16.1. The minimum absolute atomic E-state index is 0.0481. The Balaban J connectivity index is 1.89. The van der Waals surface area contributed by atoms with Crippen LogP contribution in [0.5, 0.6) is 0 Å². The van der Waals surface area contributed by atoms with E-state index in [0.717, 1.165) is 19.3 Å². The van der Waals surface area contributed by atoms with Gasteiger partial charge in [0.2, 0.25) is 5.91 Å². The molecule has 0 fully saturated rings. The quantitative estimate of drug-likeness (QED) is 0.199. The molecule has 0 N–H and O–H groups in total. The third kappa shape index (κ3) is 5.66. The SMILES string of the molecule is CCCCCn1c(SCC(=O)N(CC#N)c2ccccc2)nc2cc(Cl)ccc2c1=O. The van der Waals surface area contributed by atoms with Gasteiger partial charge < -0.3 is 0 Å². The van der Waals surface area contributed by atoms with Gasteiger partial charge in [-0.15, -0.1) is 0 Å². The van der Waals surface area contributed by atoms with Gasteiger partial charge in [-0.2, -0.15) is 5.26 Å². The van der Waals surface area contributed by atoms with Crippen molar-refractivity contribution in [2.75, 3.05) is 17.2 Å². The van der Waals surface area contributed by atoms with Gasteiger partial charge in [-0.1, -0.05) is 61.3 Å². The van der Waals surface area contributed by atoms with Crippen LogP contribution in [0.25, 0.3) is 10.9 Å². The molecule has 0 atom stereocenters. The van der Waals surface area contributed by atoms with Gasteiger partial charge in [-0.3, -0.25) is 19.1 Å². The lowest BCUT2D eigenvalue weighted by Gasteiger charge is -2.20. The van der Waals surface area contributed by atoms with Crippen LogP contribution in [0.2, 0.25) is 5.02 Å². The number of thioether (sulfide) groups is 1. The van der Waals surface area contributed by atoms with Gasteiger partial charge in [-0.25, -0.2) is 4.98 Å². The minimum Gasteiger partial charge on any atom is -0.298 e. The highest BCUT2D eigenvalue weighted by atomic mass is 35.5. The van der Waals surface area contributed by atoms with E-state index in [-0.39, 0.29) is 23.8 Å². The Kier molecular flexibility index (Phi) is 8.10. The summed E-state index contributed by atoms with van der Waals surface area (Å²) in [4.78, 5) is 32.1. The van der Waals surface area contributed by atoms with Crippen molar-refractivity contribution in [1.82, 2.24) is 9.55 Å². The first-order valence-corrected chi connectivity index (χ1v) is 11.5. The molecule has 3 rings (SSSR count). The van der Waals surface area contributed by atoms with Crippen LogP contribution in [0.4, 0.5) is 5.69 Å². The van der Waals surface area contributed by atoms with Crippen molar-refractivity contribution in [2.45, 2.75) is 37.9 Å². The number of rotatable bonds is 9. The Morgan fingerprint density at radius 3 is 2.71 bits per heavy atom. The van der Waals surface area contributed by atoms with E-state index in [1.165, 1.54) is 16.7 Å². The Bertz CT molecular complexity index is 1160. The van der Waals surface area contributed by atoms with Crippen LogP contribution < -0.4 is 10.5 Å². The third-order valence-electron chi connectivity index (χ3n) is 4.79. The number of aromatic nitrogens is 2. The van der Waals surface area contributed by atoms with Crippen molar-refractivity contribution in [3.8, 4) is 6.07 Å². The summed E-state index contributed by atoms with van der Waals surface area (Å²) in [6.45, 7) is 2.59. The van der Waals surface area contributed by atoms with E-state index in [0.29, 0.717) is 33.3 Å². The number of hydrogen-bond acceptors (Lipinski definition) is 5. The average molecular weight is 455 g/mol. The molecule has 0 unspecified atom stereocenters. The van der Waals surface area contributed by atoms with Crippen LogP contribution in [-0.2, 0) is 11.3 Å². The maximum Gasteiger partial charge on any atom is 0.262 e. The summed E-state index contributed by atoms with van der Waals surface area (Å²) in [5, 5.41) is 10.6. The number of para-hydroxylation sites is 1. The van der Waals surface area contributed by atoms with Gasteiger partial charge in [0.25, 0.3) is 5.56 Å². The molecule has 6 nitrogen and oxygen atoms in total. The first-order valence-electron chi connectivity index (χ1n) is 10.1. The van der Waals surface area contributed by atoms with Crippen LogP contribution in [0.15, 0.2) is 58.5 Å². The standard InChI is InChI=1S/C23H23ClN4O2S/c1-2-3-7-13-28-22(30)19-11-10-17(24)15-20(19)26-23(28)31-16-21(29)27(14-12-25)18-8-5-4-6-9-18/h4-6,8-11,15H,2-3,7,13-14,16H2,1H3. The number of anilines is 1. The molecule has 0 spiro atoms. The van der Waals surface area contributed by atoms with Gasteiger partial charge >= 0.3 is 0 Å². The molecular formula is C23H23ClN4O2S. The van der Waals surface area contributed by atoms with Gasteiger partial charge in [0.15, 0.2) is 5.16 Å². The van der Waals surface area contributed by atoms with Crippen LogP contribution in [0.1, 0.15) is 26.2 Å². The number of amides is 1. The Hall–Kier alpha value is -2.82. The smallest absolute Gasteiger partial charge is 0.262 e. The molecule has 0 aliphatic carbocycles. The van der Waals surface area contributed by atoms with E-state index in [1.807, 2.05) is 24.3 Å². The summed E-state index contributed by atoms with van der Waals surface area (Å²) < 4.78 is 1.64. The first kappa shape index (κ1) is 22.9. The van der Waals surface area contributed by atoms with Crippen LogP contribution in [0.3, 0.4) is 0 Å². The molecule has 8 heteroatoms. The van der Waals surface area contributed by atoms with Crippen molar-refractivity contribution in [3.05, 3.63) is 63.9 Å². The lowest BCUT2D eigenvalue weighted by atomic mass is 10.2. The molecule has 2 aromatic carbocycles. The summed E-state index contributed by atoms with van der Waals surface area (Å²) in [6.07, 6.45) is 2.88. The van der Waals surface area contributed by atoms with E-state index in [4.69, 9.17) is 16.9 Å². The second kappa shape index (κ2) is 11.0. The predicted octanol–water partition coefficient (Wildman–Crippen LogP) is 4.89. The molecule has 160 valence electrons. The number of fused-ring (bicyclic) bond motifs is 1. The van der Waals surface area contributed by atoms with Gasteiger partial charge in [0.05, 0.1) is 22.7 Å². The molecule has 0 aliphatic heterocycles. The lowest BCUT2D eigenvalue weighted by Crippen LogP contribution is -2.33. The highest BCUT2D eigenvalue weighted by Gasteiger charge is 2.18. The highest BCUT2D eigenvalue weighted by molar-refractivity contribution is 7.99. The number of nitriles is 1. The molecule has 0 saturated carbocycles. The van der Waals surface area contributed by atoms with Crippen molar-refractivity contribution in [3.63, 3.8) is 0 Å². The summed E-state index contributed by atoms with van der Waals surface area (Å²) >= 11 is 7.30. The van der Waals surface area contributed by atoms with Crippen LogP contribution in [0, 0.1) is 11.3 Å². The Morgan fingerprint density at radius 2 is 2.00 bits per heavy atom. The number of unbranched alkanes of at least 4 members (excludes halogenated alkanes) is 2. The molecule has 3 aromatic rings. The maximum atomic E-state index is 13.1. The topological polar surface area (TPSA) is 79.0 Å². The Morgan fingerprint density at radius 1 is 1.23 bits per heavy atom. The average Bonchev–Trinajstić information content (AvgIpc) is 2.78. The van der Waals surface area contributed by atoms with E-state index < -0.39 is 0 Å². The minimum atomic E-state index is -0.224. The van der Waals surface area contributed by atoms with Gasteiger partial charge in [0, 0.05) is 17.3 Å². The molecule has 0 saturated heterocycles. The fourth-order valence-electron chi connectivity index (χ4n) is 3.21. The van der Waals surface area contributed by atoms with Gasteiger partial charge in [0.1, 0.15) is 6.54 Å². The van der Waals surface area contributed by atoms with Crippen molar-refractivity contribution < 1.29 is 4.79 Å². The molecule has 0 radical (unpaired) electrons. The highest BCUT2D eigenvalue weighted by Crippen LogP contribution is 2.22. The molecule has 1 aromatic heterocycles. The molecule has 0 aliphatic rings. The first-order chi connectivity index (χ1) is 15.0. The fraction of sp³-hybridized carbons (Fsp3) is 0.304. The summed E-state index contributed by atoms with van der Waals surface area (Å²) in [7, 11) is 0. The second-order valence-electron chi connectivity index (χ2n) is 6.98. The summed E-state index contributed by atoms with van der Waals surface area (Å²) in [5.41, 5.74) is 1.04. The molecular weight excluding hydrogens is 432 g/mol.